The summed E-state index contributed by atoms with van der Waals surface area (Å²) in [6, 6.07) is 0. The first kappa shape index (κ1) is 10.8. The van der Waals surface area contributed by atoms with Crippen molar-refractivity contribution in [2.45, 2.75) is 39.2 Å². The quantitative estimate of drug-likeness (QED) is 0.621. The second-order valence-corrected chi connectivity index (χ2v) is 3.57. The lowest BCUT2D eigenvalue weighted by Crippen LogP contribution is -2.41. The Hall–Kier alpha value is -0.275. The minimum atomic E-state index is -0.181. The first-order valence-corrected chi connectivity index (χ1v) is 5.21. The molecule has 1 aliphatic heterocycles. The van der Waals surface area contributed by atoms with E-state index in [0.717, 1.165) is 19.4 Å². The molecule has 13 heavy (non-hydrogen) atoms. The van der Waals surface area contributed by atoms with Crippen molar-refractivity contribution in [3.8, 4) is 0 Å². The summed E-state index contributed by atoms with van der Waals surface area (Å²) in [4.78, 5) is 0. The van der Waals surface area contributed by atoms with E-state index in [0.29, 0.717) is 12.0 Å². The number of rotatable bonds is 4. The van der Waals surface area contributed by atoms with E-state index in [4.69, 9.17) is 9.31 Å². The van der Waals surface area contributed by atoms with E-state index in [1.807, 2.05) is 0 Å². The molecule has 1 aliphatic rings. The molecule has 0 amide bonds. The van der Waals surface area contributed by atoms with Crippen LogP contribution in [0.15, 0.2) is 12.6 Å². The van der Waals surface area contributed by atoms with Gasteiger partial charge in [-0.15, -0.1) is 6.58 Å². The Bertz CT molecular complexity index is 161. The summed E-state index contributed by atoms with van der Waals surface area (Å²) in [7, 11) is -0.181. The van der Waals surface area contributed by atoms with Gasteiger partial charge in [0.2, 0.25) is 0 Å². The molecule has 0 aromatic rings. The highest BCUT2D eigenvalue weighted by molar-refractivity contribution is 6.50. The Morgan fingerprint density at radius 3 is 2.85 bits per heavy atom. The fourth-order valence-electron chi connectivity index (χ4n) is 1.74. The predicted molar refractivity (Wildman–Crippen MR) is 55.5 cm³/mol. The Balaban J connectivity index is 2.46. The minimum Gasteiger partial charge on any atom is -0.407 e. The molecule has 1 rings (SSSR count). The molecule has 2 unspecified atom stereocenters. The maximum Gasteiger partial charge on any atom is 0.485 e. The highest BCUT2D eigenvalue weighted by atomic mass is 16.6. The summed E-state index contributed by atoms with van der Waals surface area (Å²) in [5.74, 6) is 2.30. The highest BCUT2D eigenvalue weighted by Crippen LogP contribution is 2.23. The van der Waals surface area contributed by atoms with Gasteiger partial charge in [0.25, 0.3) is 0 Å². The Morgan fingerprint density at radius 1 is 1.54 bits per heavy atom. The van der Waals surface area contributed by atoms with Gasteiger partial charge in [0.1, 0.15) is 0 Å². The van der Waals surface area contributed by atoms with E-state index < -0.39 is 0 Å². The van der Waals surface area contributed by atoms with Gasteiger partial charge in [-0.3, -0.25) is 0 Å². The molecule has 3 heteroatoms. The van der Waals surface area contributed by atoms with Crippen molar-refractivity contribution in [3.05, 3.63) is 12.6 Å². The predicted octanol–water partition coefficient (Wildman–Crippen LogP) is 2.44. The van der Waals surface area contributed by atoms with Crippen LogP contribution in [-0.4, -0.2) is 19.8 Å². The van der Waals surface area contributed by atoms with Gasteiger partial charge < -0.3 is 9.31 Å². The summed E-state index contributed by atoms with van der Waals surface area (Å²) in [6.07, 6.45) is 3.80. The summed E-state index contributed by atoms with van der Waals surface area (Å²) in [5.41, 5.74) is 0. The molecule has 0 aliphatic carbocycles. The number of hydrogen-bond donors (Lipinski definition) is 0. The molecule has 0 spiro atoms. The Kier molecular flexibility index (Phi) is 4.53. The second kappa shape index (κ2) is 5.45. The van der Waals surface area contributed by atoms with Crippen molar-refractivity contribution in [3.63, 3.8) is 0 Å². The SMILES string of the molecule is C=CB1OCC(CC)C(CCC)O1. The average molecular weight is 182 g/mol. The van der Waals surface area contributed by atoms with Gasteiger partial charge in [-0.2, -0.15) is 0 Å². The summed E-state index contributed by atoms with van der Waals surface area (Å²) in [6.45, 7) is 8.87. The van der Waals surface area contributed by atoms with Crippen LogP contribution < -0.4 is 0 Å². The van der Waals surface area contributed by atoms with Crippen LogP contribution >= 0.6 is 0 Å². The maximum atomic E-state index is 5.74. The van der Waals surface area contributed by atoms with E-state index in [-0.39, 0.29) is 7.12 Å². The van der Waals surface area contributed by atoms with Crippen molar-refractivity contribution in [1.29, 1.82) is 0 Å². The molecule has 1 heterocycles. The molecule has 74 valence electrons. The normalized spacial score (nSPS) is 28.9. The fourth-order valence-corrected chi connectivity index (χ4v) is 1.74. The van der Waals surface area contributed by atoms with Gasteiger partial charge in [0.05, 0.1) is 0 Å². The smallest absolute Gasteiger partial charge is 0.407 e. The van der Waals surface area contributed by atoms with E-state index in [1.165, 1.54) is 6.42 Å². The zero-order valence-corrected chi connectivity index (χ0v) is 8.66. The molecule has 2 atom stereocenters. The topological polar surface area (TPSA) is 18.5 Å². The van der Waals surface area contributed by atoms with Crippen molar-refractivity contribution in [2.24, 2.45) is 5.92 Å². The van der Waals surface area contributed by atoms with Crippen LogP contribution in [0, 0.1) is 5.92 Å². The van der Waals surface area contributed by atoms with Crippen LogP contribution in [0.5, 0.6) is 0 Å². The van der Waals surface area contributed by atoms with E-state index >= 15 is 0 Å². The maximum absolute atomic E-state index is 5.74. The van der Waals surface area contributed by atoms with E-state index in [2.05, 4.69) is 20.4 Å². The highest BCUT2D eigenvalue weighted by Gasteiger charge is 2.31. The van der Waals surface area contributed by atoms with Crippen LogP contribution in [0.4, 0.5) is 0 Å². The van der Waals surface area contributed by atoms with Crippen molar-refractivity contribution in [2.75, 3.05) is 6.61 Å². The van der Waals surface area contributed by atoms with Crippen LogP contribution in [0.3, 0.4) is 0 Å². The molecule has 1 fully saturated rings. The van der Waals surface area contributed by atoms with Gasteiger partial charge >= 0.3 is 7.12 Å². The molecule has 0 aromatic carbocycles. The third kappa shape index (κ3) is 2.85. The first-order chi connectivity index (χ1) is 6.31. The van der Waals surface area contributed by atoms with Crippen molar-refractivity contribution in [1.82, 2.24) is 0 Å². The van der Waals surface area contributed by atoms with Gasteiger partial charge in [-0.25, -0.2) is 0 Å². The lowest BCUT2D eigenvalue weighted by atomic mass is 9.84. The van der Waals surface area contributed by atoms with E-state index in [1.54, 1.807) is 5.98 Å². The van der Waals surface area contributed by atoms with E-state index in [9.17, 15) is 0 Å². The molecule has 0 N–H and O–H groups in total. The monoisotopic (exact) mass is 182 g/mol. The average Bonchev–Trinajstić information content (AvgIpc) is 2.18. The van der Waals surface area contributed by atoms with Crippen LogP contribution in [-0.2, 0) is 9.31 Å². The van der Waals surface area contributed by atoms with Crippen LogP contribution in [0.2, 0.25) is 0 Å². The number of hydrogen-bond acceptors (Lipinski definition) is 2. The third-order valence-corrected chi connectivity index (χ3v) is 2.60. The van der Waals surface area contributed by atoms with Crippen molar-refractivity contribution >= 4 is 7.12 Å². The molecule has 0 aromatic heterocycles. The van der Waals surface area contributed by atoms with Gasteiger partial charge in [0.15, 0.2) is 0 Å². The molecule has 0 radical (unpaired) electrons. The minimum absolute atomic E-state index is 0.181. The van der Waals surface area contributed by atoms with Crippen LogP contribution in [0.1, 0.15) is 33.1 Å². The summed E-state index contributed by atoms with van der Waals surface area (Å²) < 4.78 is 11.2. The largest absolute Gasteiger partial charge is 0.485 e. The summed E-state index contributed by atoms with van der Waals surface area (Å²) in [5, 5.41) is 0. The van der Waals surface area contributed by atoms with Gasteiger partial charge in [0, 0.05) is 18.6 Å². The third-order valence-electron chi connectivity index (χ3n) is 2.60. The Labute approximate surface area is 81.4 Å². The lowest BCUT2D eigenvalue weighted by Gasteiger charge is -2.33. The van der Waals surface area contributed by atoms with Gasteiger partial charge in [-0.1, -0.05) is 26.2 Å². The van der Waals surface area contributed by atoms with Crippen LogP contribution in [0.25, 0.3) is 0 Å². The molecule has 2 nitrogen and oxygen atoms in total. The standard InChI is InChI=1S/C10H19BO2/c1-4-7-10-9(5-2)8-12-11(6-3)13-10/h6,9-10H,3-5,7-8H2,1-2H3. The Morgan fingerprint density at radius 2 is 2.31 bits per heavy atom. The zero-order chi connectivity index (χ0) is 9.68. The molecule has 0 bridgehead atoms. The van der Waals surface area contributed by atoms with Gasteiger partial charge in [-0.05, 0) is 12.8 Å². The molecular formula is C10H19BO2. The molecular weight excluding hydrogens is 163 g/mol. The fraction of sp³-hybridized carbons (Fsp3) is 0.800. The molecule has 1 saturated heterocycles. The first-order valence-electron chi connectivity index (χ1n) is 5.21. The lowest BCUT2D eigenvalue weighted by molar-refractivity contribution is 0.0111. The molecule has 0 saturated carbocycles. The van der Waals surface area contributed by atoms with Crippen molar-refractivity contribution < 1.29 is 9.31 Å². The second-order valence-electron chi connectivity index (χ2n) is 3.57. The summed E-state index contributed by atoms with van der Waals surface area (Å²) >= 11 is 0. The zero-order valence-electron chi connectivity index (χ0n) is 8.66.